The number of phenolic OH excluding ortho intramolecular Hbond substituents is 1. The molecule has 0 radical (unpaired) electrons. The van der Waals surface area contributed by atoms with Crippen LogP contribution < -0.4 is 4.74 Å². The number of Topliss-reactive ketones (excluding diaryl/α,β-unsaturated/α-hetero) is 1. The normalized spacial score (nSPS) is 30.8. The van der Waals surface area contributed by atoms with Crippen LogP contribution in [0.2, 0.25) is 0 Å². The number of nitrogens with zero attached hydrogens (tertiary/aromatic N) is 1. The van der Waals surface area contributed by atoms with E-state index in [1.54, 1.807) is 6.07 Å². The van der Waals surface area contributed by atoms with Gasteiger partial charge in [-0.1, -0.05) is 36.4 Å². The Hall–Kier alpha value is -3.95. The average molecular weight is 546 g/mol. The lowest BCUT2D eigenvalue weighted by Gasteiger charge is -2.62. The number of piperidine rings is 1. The monoisotopic (exact) mass is 545 g/mol. The number of ether oxygens (including phenoxy) is 1. The number of hydrogen-bond acceptors (Lipinski definition) is 7. The summed E-state index contributed by atoms with van der Waals surface area (Å²) < 4.78 is 6.26. The number of rotatable bonds is 5. The third-order valence-electron chi connectivity index (χ3n) is 9.04. The molecule has 1 saturated heterocycles. The second kappa shape index (κ2) is 9.60. The third kappa shape index (κ3) is 4.12. The summed E-state index contributed by atoms with van der Waals surface area (Å²) in [6, 6.07) is 13.4. The highest BCUT2D eigenvalue weighted by molar-refractivity contribution is 6.06. The first-order valence-electron chi connectivity index (χ1n) is 13.6. The van der Waals surface area contributed by atoms with Crippen molar-refractivity contribution in [3.05, 3.63) is 76.9 Å². The molecule has 7 rings (SSSR count). The highest BCUT2D eigenvalue weighted by Gasteiger charge is 2.74. The summed E-state index contributed by atoms with van der Waals surface area (Å²) in [5.74, 6) is -1.37. The highest BCUT2D eigenvalue weighted by Crippen LogP contribution is 2.65. The predicted molar refractivity (Wildman–Crippen MR) is 144 cm³/mol. The Morgan fingerprint density at radius 2 is 1.75 bits per heavy atom. The fourth-order valence-corrected chi connectivity index (χ4v) is 7.20. The van der Waals surface area contributed by atoms with Crippen LogP contribution in [0.25, 0.3) is 6.08 Å². The summed E-state index contributed by atoms with van der Waals surface area (Å²) in [6.45, 7) is 1.86. The number of likely N-dealkylation sites (tertiary alicyclic amines) is 1. The standard InChI is InChI=1S/C27H27NO4.C4H4O4/c29-20-9-8-18-13-21-27(31)14-19(12-16-4-2-1-3-5-16)23(30)25-26(27,22(18)24(20)32-25)10-11-28(21)15-17-6-7-17;5-3(6)1-2-4(7)8/h1-5,8-9,12,17,21,25,29,31H,6-7,10-11,13-15H2;1-2H,(H,5,6)(H,7,8)/b19-12-;2-1+/t21?,25-,26-,27+;/m0./s1. The molecule has 4 atom stereocenters. The Morgan fingerprint density at radius 3 is 2.40 bits per heavy atom. The van der Waals surface area contributed by atoms with Gasteiger partial charge in [-0.15, -0.1) is 0 Å². The van der Waals surface area contributed by atoms with E-state index in [4.69, 9.17) is 14.9 Å². The van der Waals surface area contributed by atoms with E-state index in [1.807, 2.05) is 42.5 Å². The van der Waals surface area contributed by atoms with Gasteiger partial charge in [0, 0.05) is 42.3 Å². The second-order valence-electron chi connectivity index (χ2n) is 11.4. The fraction of sp³-hybridized carbons (Fsp3) is 0.387. The van der Waals surface area contributed by atoms with E-state index in [0.29, 0.717) is 36.3 Å². The molecule has 2 aliphatic heterocycles. The van der Waals surface area contributed by atoms with Gasteiger partial charge in [0.25, 0.3) is 0 Å². The molecule has 2 saturated carbocycles. The largest absolute Gasteiger partial charge is 0.504 e. The number of aromatic hydroxyl groups is 1. The van der Waals surface area contributed by atoms with Crippen molar-refractivity contribution in [3.8, 4) is 11.5 Å². The Bertz CT molecular complexity index is 1430. The van der Waals surface area contributed by atoms with Gasteiger partial charge in [0.2, 0.25) is 0 Å². The number of carbonyl (C=O) groups is 3. The Kier molecular flexibility index (Phi) is 6.31. The van der Waals surface area contributed by atoms with E-state index in [0.717, 1.165) is 42.1 Å². The molecule has 2 aromatic rings. The lowest BCUT2D eigenvalue weighted by Crippen LogP contribution is -2.77. The number of hydrogen-bond donors (Lipinski definition) is 4. The SMILES string of the molecule is O=C(O)/C=C/C(=O)O.O=C1/C(=C\c2ccccc2)C[C@@]2(O)C3Cc4ccc(O)c5c4[C@@]2(CCN3CC2CC2)[C@H]1O5. The van der Waals surface area contributed by atoms with E-state index in [2.05, 4.69) is 4.90 Å². The number of ketones is 1. The molecule has 9 heteroatoms. The molecule has 4 N–H and O–H groups in total. The molecule has 2 bridgehead atoms. The van der Waals surface area contributed by atoms with Crippen molar-refractivity contribution in [3.63, 3.8) is 0 Å². The molecule has 9 nitrogen and oxygen atoms in total. The Labute approximate surface area is 231 Å². The average Bonchev–Trinajstić information content (AvgIpc) is 3.66. The number of carbonyl (C=O) groups excluding carboxylic acids is 1. The lowest BCUT2D eigenvalue weighted by atomic mass is 9.48. The van der Waals surface area contributed by atoms with Gasteiger partial charge < -0.3 is 25.2 Å². The Balaban J connectivity index is 0.000000319. The van der Waals surface area contributed by atoms with Crippen molar-refractivity contribution in [2.45, 2.75) is 55.3 Å². The molecule has 2 heterocycles. The topological polar surface area (TPSA) is 145 Å². The van der Waals surface area contributed by atoms with Crippen LogP contribution in [0.15, 0.2) is 60.2 Å². The number of aliphatic hydroxyl groups is 1. The second-order valence-corrected chi connectivity index (χ2v) is 11.4. The number of phenols is 1. The van der Waals surface area contributed by atoms with Crippen LogP contribution in [0, 0.1) is 5.92 Å². The minimum Gasteiger partial charge on any atom is -0.504 e. The van der Waals surface area contributed by atoms with Crippen LogP contribution in [0.3, 0.4) is 0 Å². The number of benzene rings is 2. The van der Waals surface area contributed by atoms with E-state index < -0.39 is 29.1 Å². The molecular formula is C31H31NO8. The predicted octanol–water partition coefficient (Wildman–Crippen LogP) is 2.93. The Morgan fingerprint density at radius 1 is 1.05 bits per heavy atom. The molecule has 0 amide bonds. The van der Waals surface area contributed by atoms with Crippen molar-refractivity contribution in [1.29, 1.82) is 0 Å². The summed E-state index contributed by atoms with van der Waals surface area (Å²) in [4.78, 5) is 35.4. The number of carboxylic acids is 2. The first kappa shape index (κ1) is 26.3. The quantitative estimate of drug-likeness (QED) is 0.417. The summed E-state index contributed by atoms with van der Waals surface area (Å²) in [5.41, 5.74) is 1.67. The molecule has 1 unspecified atom stereocenters. The summed E-state index contributed by atoms with van der Waals surface area (Å²) >= 11 is 0. The van der Waals surface area contributed by atoms with Crippen molar-refractivity contribution in [2.24, 2.45) is 5.92 Å². The molecule has 5 aliphatic rings. The van der Waals surface area contributed by atoms with Gasteiger partial charge in [0.05, 0.1) is 11.0 Å². The van der Waals surface area contributed by atoms with Gasteiger partial charge in [-0.25, -0.2) is 9.59 Å². The smallest absolute Gasteiger partial charge is 0.328 e. The minimum atomic E-state index is -1.26. The van der Waals surface area contributed by atoms with Crippen LogP contribution in [0.1, 0.15) is 42.4 Å². The van der Waals surface area contributed by atoms with Gasteiger partial charge in [0.1, 0.15) is 0 Å². The van der Waals surface area contributed by atoms with E-state index in [9.17, 15) is 24.6 Å². The van der Waals surface area contributed by atoms with Crippen molar-refractivity contribution >= 4 is 23.8 Å². The number of carboxylic acid groups (broad SMARTS) is 2. The molecule has 2 aromatic carbocycles. The van der Waals surface area contributed by atoms with E-state index in [1.165, 1.54) is 12.8 Å². The van der Waals surface area contributed by atoms with Crippen LogP contribution in [-0.2, 0) is 26.2 Å². The van der Waals surface area contributed by atoms with Gasteiger partial charge in [0.15, 0.2) is 23.4 Å². The van der Waals surface area contributed by atoms with Crippen LogP contribution >= 0.6 is 0 Å². The zero-order valence-electron chi connectivity index (χ0n) is 21.8. The van der Waals surface area contributed by atoms with Gasteiger partial charge >= 0.3 is 11.9 Å². The summed E-state index contributed by atoms with van der Waals surface area (Å²) in [5, 5.41) is 38.8. The van der Waals surface area contributed by atoms with Gasteiger partial charge in [-0.2, -0.15) is 0 Å². The summed E-state index contributed by atoms with van der Waals surface area (Å²) in [6.07, 6.45) is 6.49. The lowest BCUT2D eigenvalue weighted by molar-refractivity contribution is -0.179. The van der Waals surface area contributed by atoms with Crippen molar-refractivity contribution in [2.75, 3.05) is 13.1 Å². The van der Waals surface area contributed by atoms with E-state index >= 15 is 0 Å². The molecule has 208 valence electrons. The third-order valence-corrected chi connectivity index (χ3v) is 9.04. The maximum Gasteiger partial charge on any atom is 0.328 e. The van der Waals surface area contributed by atoms with Crippen LogP contribution in [-0.4, -0.2) is 73.9 Å². The van der Waals surface area contributed by atoms with Gasteiger partial charge in [-0.05, 0) is 61.4 Å². The zero-order valence-corrected chi connectivity index (χ0v) is 21.8. The maximum absolute atomic E-state index is 13.8. The number of aliphatic carboxylic acids is 2. The minimum absolute atomic E-state index is 0.0572. The first-order chi connectivity index (χ1) is 19.1. The zero-order chi connectivity index (χ0) is 28.2. The van der Waals surface area contributed by atoms with Crippen LogP contribution in [0.5, 0.6) is 11.5 Å². The molecule has 1 spiro atoms. The molecule has 3 aliphatic carbocycles. The highest BCUT2D eigenvalue weighted by atomic mass is 16.5. The van der Waals surface area contributed by atoms with Crippen LogP contribution in [0.4, 0.5) is 0 Å². The van der Waals surface area contributed by atoms with Crippen molar-refractivity contribution in [1.82, 2.24) is 4.90 Å². The fourth-order valence-electron chi connectivity index (χ4n) is 7.20. The van der Waals surface area contributed by atoms with Gasteiger partial charge in [-0.3, -0.25) is 9.69 Å². The molecule has 3 fully saturated rings. The molecule has 40 heavy (non-hydrogen) atoms. The molecular weight excluding hydrogens is 514 g/mol. The van der Waals surface area contributed by atoms with E-state index in [-0.39, 0.29) is 17.6 Å². The molecule has 0 aromatic heterocycles. The maximum atomic E-state index is 13.8. The first-order valence-corrected chi connectivity index (χ1v) is 13.6. The summed E-state index contributed by atoms with van der Waals surface area (Å²) in [7, 11) is 0. The van der Waals surface area contributed by atoms with Crippen molar-refractivity contribution < 1.29 is 39.5 Å².